The van der Waals surface area contributed by atoms with Crippen LogP contribution in [0.1, 0.15) is 35.4 Å². The van der Waals surface area contributed by atoms with Gasteiger partial charge in [0.1, 0.15) is 0 Å². The van der Waals surface area contributed by atoms with Crippen molar-refractivity contribution in [1.29, 1.82) is 0 Å². The van der Waals surface area contributed by atoms with Crippen LogP contribution in [0.15, 0.2) is 54.6 Å². The number of hydrogen-bond donors (Lipinski definition) is 1. The maximum Gasteiger partial charge on any atom is 0.220 e. The fourth-order valence-corrected chi connectivity index (χ4v) is 4.00. The van der Waals surface area contributed by atoms with Crippen molar-refractivity contribution in [2.24, 2.45) is 0 Å². The number of amides is 1. The van der Waals surface area contributed by atoms with Gasteiger partial charge >= 0.3 is 0 Å². The first-order chi connectivity index (χ1) is 15.6. The largest absolute Gasteiger partial charge is 0.381 e. The van der Waals surface area contributed by atoms with E-state index in [9.17, 15) is 4.79 Å². The van der Waals surface area contributed by atoms with Crippen molar-refractivity contribution in [1.82, 2.24) is 19.9 Å². The van der Waals surface area contributed by atoms with Crippen LogP contribution in [0.25, 0.3) is 16.6 Å². The molecule has 2 heterocycles. The molecule has 0 spiro atoms. The van der Waals surface area contributed by atoms with Crippen LogP contribution in [0, 0.1) is 13.8 Å². The number of carbonyl (C=O) groups is 1. The number of hydrogen-bond acceptors (Lipinski definition) is 4. The highest BCUT2D eigenvalue weighted by atomic mass is 16.5. The highest BCUT2D eigenvalue weighted by Crippen LogP contribution is 2.22. The smallest absolute Gasteiger partial charge is 0.220 e. The Labute approximate surface area is 188 Å². The summed E-state index contributed by atoms with van der Waals surface area (Å²) in [5.74, 6) is 0.0545. The fraction of sp³-hybridized carbons (Fsp3) is 0.346. The maximum absolute atomic E-state index is 12.3. The molecule has 0 aliphatic carbocycles. The van der Waals surface area contributed by atoms with Gasteiger partial charge in [-0.05, 0) is 56.4 Å². The zero-order valence-corrected chi connectivity index (χ0v) is 18.8. The second kappa shape index (κ2) is 10.4. The van der Waals surface area contributed by atoms with Gasteiger partial charge in [-0.25, -0.2) is 9.50 Å². The van der Waals surface area contributed by atoms with Crippen LogP contribution in [0.3, 0.4) is 0 Å². The number of nitrogens with zero attached hydrogens (tertiary/aromatic N) is 3. The van der Waals surface area contributed by atoms with E-state index in [0.717, 1.165) is 46.3 Å². The van der Waals surface area contributed by atoms with Crippen molar-refractivity contribution in [3.8, 4) is 0 Å². The molecule has 0 radical (unpaired) electrons. The van der Waals surface area contributed by atoms with E-state index in [0.29, 0.717) is 32.6 Å². The molecule has 2 aromatic heterocycles. The maximum atomic E-state index is 12.3. The number of benzene rings is 2. The van der Waals surface area contributed by atoms with E-state index < -0.39 is 0 Å². The third kappa shape index (κ3) is 5.14. The Hall–Kier alpha value is -3.25. The first kappa shape index (κ1) is 22.0. The third-order valence-corrected chi connectivity index (χ3v) is 5.79. The summed E-state index contributed by atoms with van der Waals surface area (Å²) in [5.41, 5.74) is 6.18. The van der Waals surface area contributed by atoms with Gasteiger partial charge in [-0.3, -0.25) is 4.79 Å². The monoisotopic (exact) mass is 430 g/mol. The van der Waals surface area contributed by atoms with Gasteiger partial charge in [0.25, 0.3) is 0 Å². The molecule has 0 atom stereocenters. The summed E-state index contributed by atoms with van der Waals surface area (Å²) in [4.78, 5) is 17.1. The van der Waals surface area contributed by atoms with E-state index in [4.69, 9.17) is 9.72 Å². The Bertz CT molecular complexity index is 1200. The van der Waals surface area contributed by atoms with Crippen molar-refractivity contribution in [3.05, 3.63) is 77.1 Å². The molecule has 1 N–H and O–H groups in total. The number of aryl methyl sites for hydroxylation is 2. The highest BCUT2D eigenvalue weighted by molar-refractivity contribution is 5.92. The summed E-state index contributed by atoms with van der Waals surface area (Å²) >= 11 is 0. The lowest BCUT2D eigenvalue weighted by atomic mass is 10.1. The van der Waals surface area contributed by atoms with Crippen LogP contribution in [0.5, 0.6) is 0 Å². The van der Waals surface area contributed by atoms with Gasteiger partial charge in [-0.15, -0.1) is 0 Å². The van der Waals surface area contributed by atoms with Gasteiger partial charge < -0.3 is 10.1 Å². The standard InChI is InChI=1S/C26H30N4O2/c1-19-22(20(2)30-26(28-19)23-11-6-7-12-24(23)29-30)13-14-25(31)27-16-8-17-32-18-15-21-9-4-3-5-10-21/h3-7,9-12H,8,13-18H2,1-2H3,(H,27,31). The molecule has 2 aromatic carbocycles. The van der Waals surface area contributed by atoms with Gasteiger partial charge in [0.2, 0.25) is 5.91 Å². The molecule has 0 saturated carbocycles. The van der Waals surface area contributed by atoms with E-state index in [-0.39, 0.29) is 5.91 Å². The van der Waals surface area contributed by atoms with Crippen molar-refractivity contribution < 1.29 is 9.53 Å². The predicted molar refractivity (Wildman–Crippen MR) is 127 cm³/mol. The van der Waals surface area contributed by atoms with Crippen LogP contribution < -0.4 is 5.32 Å². The number of ether oxygens (including phenoxy) is 1. The minimum absolute atomic E-state index is 0.0545. The Morgan fingerprint density at radius 2 is 1.78 bits per heavy atom. The lowest BCUT2D eigenvalue weighted by molar-refractivity contribution is -0.121. The number of nitrogens with one attached hydrogen (secondary N) is 1. The molecule has 6 heteroatoms. The molecule has 0 unspecified atom stereocenters. The molecule has 0 aliphatic heterocycles. The van der Waals surface area contributed by atoms with Crippen LogP contribution >= 0.6 is 0 Å². The summed E-state index contributed by atoms with van der Waals surface area (Å²) in [5, 5.41) is 8.74. The van der Waals surface area contributed by atoms with Crippen LogP contribution in [0.2, 0.25) is 0 Å². The number of aromatic nitrogens is 3. The minimum Gasteiger partial charge on any atom is -0.381 e. The van der Waals surface area contributed by atoms with Crippen molar-refractivity contribution in [3.63, 3.8) is 0 Å². The summed E-state index contributed by atoms with van der Waals surface area (Å²) in [6.07, 6.45) is 2.81. The molecular formula is C26H30N4O2. The number of carbonyl (C=O) groups excluding carboxylic acids is 1. The first-order valence-electron chi connectivity index (χ1n) is 11.3. The normalized spacial score (nSPS) is 11.3. The van der Waals surface area contributed by atoms with E-state index in [2.05, 4.69) is 22.5 Å². The first-order valence-corrected chi connectivity index (χ1v) is 11.3. The van der Waals surface area contributed by atoms with Gasteiger partial charge in [-0.2, -0.15) is 5.10 Å². The molecule has 0 bridgehead atoms. The lowest BCUT2D eigenvalue weighted by Gasteiger charge is -2.11. The van der Waals surface area contributed by atoms with Crippen molar-refractivity contribution in [2.45, 2.75) is 39.5 Å². The zero-order valence-electron chi connectivity index (χ0n) is 18.8. The Kier molecular flexibility index (Phi) is 7.12. The molecule has 4 aromatic rings. The summed E-state index contributed by atoms with van der Waals surface area (Å²) in [6.45, 7) is 6.04. The molecule has 166 valence electrons. The van der Waals surface area contributed by atoms with Crippen LogP contribution in [-0.4, -0.2) is 40.3 Å². The van der Waals surface area contributed by atoms with Gasteiger partial charge in [-0.1, -0.05) is 42.5 Å². The fourth-order valence-electron chi connectivity index (χ4n) is 4.00. The Balaban J connectivity index is 1.22. The molecule has 1 amide bonds. The van der Waals surface area contributed by atoms with Crippen LogP contribution in [-0.2, 0) is 22.4 Å². The quantitative estimate of drug-likeness (QED) is 0.383. The van der Waals surface area contributed by atoms with Crippen LogP contribution in [0.4, 0.5) is 0 Å². The number of rotatable bonds is 10. The van der Waals surface area contributed by atoms with Gasteiger partial charge in [0.15, 0.2) is 5.65 Å². The molecule has 0 fully saturated rings. The topological polar surface area (TPSA) is 68.5 Å². The second-order valence-electron chi connectivity index (χ2n) is 8.07. The molecule has 0 saturated heterocycles. The van der Waals surface area contributed by atoms with E-state index in [1.54, 1.807) is 0 Å². The summed E-state index contributed by atoms with van der Waals surface area (Å²) in [7, 11) is 0. The highest BCUT2D eigenvalue weighted by Gasteiger charge is 2.14. The van der Waals surface area contributed by atoms with E-state index in [1.807, 2.05) is 60.8 Å². The third-order valence-electron chi connectivity index (χ3n) is 5.79. The van der Waals surface area contributed by atoms with E-state index in [1.165, 1.54) is 5.56 Å². The summed E-state index contributed by atoms with van der Waals surface area (Å²) in [6, 6.07) is 18.3. The molecule has 0 aliphatic rings. The zero-order chi connectivity index (χ0) is 22.3. The number of fused-ring (bicyclic) bond motifs is 3. The molecule has 6 nitrogen and oxygen atoms in total. The molecule has 32 heavy (non-hydrogen) atoms. The Morgan fingerprint density at radius 3 is 2.62 bits per heavy atom. The molecule has 4 rings (SSSR count). The predicted octanol–water partition coefficient (Wildman–Crippen LogP) is 4.20. The van der Waals surface area contributed by atoms with Crippen molar-refractivity contribution in [2.75, 3.05) is 19.8 Å². The molecular weight excluding hydrogens is 400 g/mol. The Morgan fingerprint density at radius 1 is 1.00 bits per heavy atom. The average Bonchev–Trinajstić information content (AvgIpc) is 3.18. The van der Waals surface area contributed by atoms with Gasteiger partial charge in [0.05, 0.1) is 12.1 Å². The SMILES string of the molecule is Cc1nc2c3ccccc3nn2c(C)c1CCC(=O)NCCCOCCc1ccccc1. The second-order valence-corrected chi connectivity index (χ2v) is 8.07. The van der Waals surface area contributed by atoms with E-state index >= 15 is 0 Å². The summed E-state index contributed by atoms with van der Waals surface area (Å²) < 4.78 is 7.58. The minimum atomic E-state index is 0.0545. The van der Waals surface area contributed by atoms with Gasteiger partial charge in [0, 0.05) is 36.3 Å². The van der Waals surface area contributed by atoms with Crippen molar-refractivity contribution >= 4 is 22.5 Å². The lowest BCUT2D eigenvalue weighted by Crippen LogP contribution is -2.25. The average molecular weight is 431 g/mol.